The summed E-state index contributed by atoms with van der Waals surface area (Å²) in [5.74, 6) is -1.22. The summed E-state index contributed by atoms with van der Waals surface area (Å²) < 4.78 is 32.2. The number of halogens is 2. The second-order valence-electron chi connectivity index (χ2n) is 6.63. The number of likely N-dealkylation sites (tertiary alicyclic amines) is 1. The molecule has 0 N–H and O–H groups in total. The number of rotatable bonds is 5. The van der Waals surface area contributed by atoms with Crippen molar-refractivity contribution in [2.45, 2.75) is 31.7 Å². The molecule has 5 heteroatoms. The molecule has 1 aliphatic heterocycles. The lowest BCUT2D eigenvalue weighted by Gasteiger charge is -2.36. The minimum absolute atomic E-state index is 0.00284. The fraction of sp³-hybridized carbons (Fsp3) is 0.381. The summed E-state index contributed by atoms with van der Waals surface area (Å²) in [5.41, 5.74) is 1.52. The highest BCUT2D eigenvalue weighted by Gasteiger charge is 2.27. The SMILES string of the molecule is COCC[C@@H]1CCCCN1C(=O)c1ccc(-c2ccc(F)cc2F)cc1. The molecule has 0 spiro atoms. The van der Waals surface area contributed by atoms with E-state index in [-0.39, 0.29) is 11.9 Å². The molecule has 138 valence electrons. The molecule has 1 fully saturated rings. The number of carbonyl (C=O) groups excluding carboxylic acids is 1. The van der Waals surface area contributed by atoms with Crippen LogP contribution in [0.4, 0.5) is 8.78 Å². The third-order valence-corrected chi connectivity index (χ3v) is 4.92. The van der Waals surface area contributed by atoms with Crippen LogP contribution in [0, 0.1) is 11.6 Å². The number of carbonyl (C=O) groups is 1. The van der Waals surface area contributed by atoms with Crippen LogP contribution in [-0.2, 0) is 4.74 Å². The van der Waals surface area contributed by atoms with Crippen molar-refractivity contribution >= 4 is 5.91 Å². The van der Waals surface area contributed by atoms with E-state index in [4.69, 9.17) is 4.74 Å². The van der Waals surface area contributed by atoms with Crippen LogP contribution in [0.25, 0.3) is 11.1 Å². The molecule has 0 unspecified atom stereocenters. The summed E-state index contributed by atoms with van der Waals surface area (Å²) >= 11 is 0. The van der Waals surface area contributed by atoms with E-state index in [1.165, 1.54) is 12.1 Å². The molecule has 0 radical (unpaired) electrons. The monoisotopic (exact) mass is 359 g/mol. The molecule has 1 heterocycles. The Bertz CT molecular complexity index is 761. The lowest BCUT2D eigenvalue weighted by molar-refractivity contribution is 0.0553. The van der Waals surface area contributed by atoms with Crippen LogP contribution in [-0.4, -0.2) is 37.1 Å². The van der Waals surface area contributed by atoms with Crippen LogP contribution < -0.4 is 0 Å². The molecule has 0 aliphatic carbocycles. The van der Waals surface area contributed by atoms with Gasteiger partial charge in [-0.1, -0.05) is 12.1 Å². The predicted molar refractivity (Wildman–Crippen MR) is 97.0 cm³/mol. The maximum absolute atomic E-state index is 13.9. The Morgan fingerprint density at radius 2 is 1.92 bits per heavy atom. The van der Waals surface area contributed by atoms with Gasteiger partial charge in [-0.05, 0) is 55.5 Å². The zero-order valence-corrected chi connectivity index (χ0v) is 14.9. The highest BCUT2D eigenvalue weighted by molar-refractivity contribution is 5.95. The molecule has 3 rings (SSSR count). The lowest BCUT2D eigenvalue weighted by Crippen LogP contribution is -2.44. The van der Waals surface area contributed by atoms with Gasteiger partial charge in [-0.3, -0.25) is 4.79 Å². The Balaban J connectivity index is 1.77. The van der Waals surface area contributed by atoms with Crippen molar-refractivity contribution < 1.29 is 18.3 Å². The molecule has 0 bridgehead atoms. The standard InChI is InChI=1S/C21H23F2NO2/c1-26-13-11-18-4-2-3-12-24(18)21(25)16-7-5-15(6-8-16)19-10-9-17(22)14-20(19)23/h5-10,14,18H,2-4,11-13H2,1H3/t18-/m0/s1. The van der Waals surface area contributed by atoms with E-state index in [9.17, 15) is 13.6 Å². The summed E-state index contributed by atoms with van der Waals surface area (Å²) in [6, 6.07) is 10.5. The molecule has 1 amide bonds. The van der Waals surface area contributed by atoms with E-state index in [2.05, 4.69) is 0 Å². The van der Waals surface area contributed by atoms with Gasteiger partial charge in [-0.25, -0.2) is 8.78 Å². The fourth-order valence-electron chi connectivity index (χ4n) is 3.50. The highest BCUT2D eigenvalue weighted by Crippen LogP contribution is 2.26. The second kappa shape index (κ2) is 8.41. The van der Waals surface area contributed by atoms with E-state index < -0.39 is 11.6 Å². The molecule has 2 aromatic rings. The highest BCUT2D eigenvalue weighted by atomic mass is 19.1. The quantitative estimate of drug-likeness (QED) is 0.777. The maximum atomic E-state index is 13.9. The van der Waals surface area contributed by atoms with Crippen LogP contribution in [0.1, 0.15) is 36.0 Å². The van der Waals surface area contributed by atoms with Crippen molar-refractivity contribution in [3.8, 4) is 11.1 Å². The third kappa shape index (κ3) is 4.10. The molecular weight excluding hydrogens is 336 g/mol. The van der Waals surface area contributed by atoms with Gasteiger partial charge in [-0.2, -0.15) is 0 Å². The summed E-state index contributed by atoms with van der Waals surface area (Å²) in [6.07, 6.45) is 3.96. The Morgan fingerprint density at radius 3 is 2.62 bits per heavy atom. The van der Waals surface area contributed by atoms with Crippen LogP contribution in [0.5, 0.6) is 0 Å². The molecule has 26 heavy (non-hydrogen) atoms. The minimum atomic E-state index is -0.611. The van der Waals surface area contributed by atoms with Gasteiger partial charge in [-0.15, -0.1) is 0 Å². The van der Waals surface area contributed by atoms with Crippen molar-refractivity contribution in [3.63, 3.8) is 0 Å². The summed E-state index contributed by atoms with van der Waals surface area (Å²) in [4.78, 5) is 14.8. The van der Waals surface area contributed by atoms with Crippen LogP contribution in [0.15, 0.2) is 42.5 Å². The Morgan fingerprint density at radius 1 is 1.15 bits per heavy atom. The van der Waals surface area contributed by atoms with E-state index in [1.807, 2.05) is 4.90 Å². The van der Waals surface area contributed by atoms with Crippen molar-refractivity contribution in [1.29, 1.82) is 0 Å². The molecule has 0 aromatic heterocycles. The molecule has 1 saturated heterocycles. The van der Waals surface area contributed by atoms with Gasteiger partial charge in [0.1, 0.15) is 11.6 Å². The lowest BCUT2D eigenvalue weighted by atomic mass is 9.97. The van der Waals surface area contributed by atoms with Crippen molar-refractivity contribution in [2.24, 2.45) is 0 Å². The summed E-state index contributed by atoms with van der Waals surface area (Å²) in [6.45, 7) is 1.39. The van der Waals surface area contributed by atoms with Gasteiger partial charge in [0.2, 0.25) is 0 Å². The van der Waals surface area contributed by atoms with Gasteiger partial charge in [0.05, 0.1) is 0 Å². The van der Waals surface area contributed by atoms with Gasteiger partial charge in [0.25, 0.3) is 5.91 Å². The number of piperidine rings is 1. The number of nitrogens with zero attached hydrogens (tertiary/aromatic N) is 1. The summed E-state index contributed by atoms with van der Waals surface area (Å²) in [5, 5.41) is 0. The first kappa shape index (κ1) is 18.5. The van der Waals surface area contributed by atoms with Crippen LogP contribution in [0.2, 0.25) is 0 Å². The number of hydrogen-bond acceptors (Lipinski definition) is 2. The average Bonchev–Trinajstić information content (AvgIpc) is 2.66. The first-order valence-corrected chi connectivity index (χ1v) is 8.95. The third-order valence-electron chi connectivity index (χ3n) is 4.92. The minimum Gasteiger partial charge on any atom is -0.385 e. The number of methoxy groups -OCH3 is 1. The Labute approximate surface area is 152 Å². The van der Waals surface area contributed by atoms with E-state index in [0.717, 1.165) is 38.3 Å². The van der Waals surface area contributed by atoms with Gasteiger partial charge in [0, 0.05) is 43.5 Å². The van der Waals surface area contributed by atoms with E-state index in [1.54, 1.807) is 31.4 Å². The zero-order valence-electron chi connectivity index (χ0n) is 14.9. The van der Waals surface area contributed by atoms with E-state index >= 15 is 0 Å². The van der Waals surface area contributed by atoms with Gasteiger partial charge in [0.15, 0.2) is 0 Å². The van der Waals surface area contributed by atoms with Crippen LogP contribution in [0.3, 0.4) is 0 Å². The molecule has 2 aromatic carbocycles. The number of ether oxygens (including phenoxy) is 1. The molecule has 1 atom stereocenters. The normalized spacial score (nSPS) is 17.3. The van der Waals surface area contributed by atoms with E-state index in [0.29, 0.717) is 23.3 Å². The second-order valence-corrected chi connectivity index (χ2v) is 6.63. The smallest absolute Gasteiger partial charge is 0.254 e. The number of hydrogen-bond donors (Lipinski definition) is 0. The Kier molecular flexibility index (Phi) is 5.99. The van der Waals surface area contributed by atoms with Crippen molar-refractivity contribution in [2.75, 3.05) is 20.3 Å². The first-order chi connectivity index (χ1) is 12.6. The van der Waals surface area contributed by atoms with Gasteiger partial charge < -0.3 is 9.64 Å². The Hall–Kier alpha value is -2.27. The predicted octanol–water partition coefficient (Wildman–Crippen LogP) is 4.66. The molecular formula is C21H23F2NO2. The number of benzene rings is 2. The average molecular weight is 359 g/mol. The largest absolute Gasteiger partial charge is 0.385 e. The number of amides is 1. The molecule has 0 saturated carbocycles. The van der Waals surface area contributed by atoms with Crippen molar-refractivity contribution in [1.82, 2.24) is 4.90 Å². The topological polar surface area (TPSA) is 29.5 Å². The van der Waals surface area contributed by atoms with Crippen LogP contribution >= 0.6 is 0 Å². The molecule has 3 nitrogen and oxygen atoms in total. The van der Waals surface area contributed by atoms with Gasteiger partial charge >= 0.3 is 0 Å². The molecule has 1 aliphatic rings. The zero-order chi connectivity index (χ0) is 18.5. The first-order valence-electron chi connectivity index (χ1n) is 8.95. The summed E-state index contributed by atoms with van der Waals surface area (Å²) in [7, 11) is 1.67. The maximum Gasteiger partial charge on any atom is 0.254 e. The fourth-order valence-corrected chi connectivity index (χ4v) is 3.50. The van der Waals surface area contributed by atoms with Crippen molar-refractivity contribution in [3.05, 3.63) is 59.7 Å².